The van der Waals surface area contributed by atoms with Crippen LogP contribution in [0.25, 0.3) is 83.3 Å². The summed E-state index contributed by atoms with van der Waals surface area (Å²) >= 11 is 0. The first-order chi connectivity index (χ1) is 24.3. The van der Waals surface area contributed by atoms with Crippen LogP contribution >= 0.6 is 0 Å². The highest BCUT2D eigenvalue weighted by molar-refractivity contribution is 6.18. The molecule has 0 aliphatic heterocycles. The van der Waals surface area contributed by atoms with E-state index in [1.807, 2.05) is 0 Å². The highest BCUT2D eigenvalue weighted by Gasteiger charge is 2.38. The van der Waals surface area contributed by atoms with Gasteiger partial charge in [-0.1, -0.05) is 133 Å². The minimum Gasteiger partial charge on any atom is -0.293 e. The van der Waals surface area contributed by atoms with E-state index in [4.69, 9.17) is 9.97 Å². The van der Waals surface area contributed by atoms with Crippen molar-refractivity contribution in [3.05, 3.63) is 174 Å². The zero-order valence-corrected chi connectivity index (χ0v) is 26.6. The average molecular weight is 624 g/mol. The third-order valence-electron chi connectivity index (χ3n) is 10.7. The van der Waals surface area contributed by atoms with E-state index in [0.717, 1.165) is 40.0 Å². The summed E-state index contributed by atoms with van der Waals surface area (Å²) in [5.74, 6) is 1.96. The monoisotopic (exact) mass is 623 g/mol. The first-order valence-electron chi connectivity index (χ1n) is 17.0. The maximum atomic E-state index is 5.47. The van der Waals surface area contributed by atoms with Crippen LogP contribution in [0.5, 0.6) is 0 Å². The van der Waals surface area contributed by atoms with E-state index in [-0.39, 0.29) is 0 Å². The second-order valence-corrected chi connectivity index (χ2v) is 13.3. The largest absolute Gasteiger partial charge is 0.293 e. The number of benzene rings is 7. The number of fused-ring (bicyclic) bond motifs is 10. The van der Waals surface area contributed by atoms with Gasteiger partial charge in [0, 0.05) is 33.2 Å². The zero-order valence-electron chi connectivity index (χ0n) is 26.6. The van der Waals surface area contributed by atoms with Crippen molar-refractivity contribution < 1.29 is 0 Å². The summed E-state index contributed by atoms with van der Waals surface area (Å²) in [7, 11) is 0. The van der Waals surface area contributed by atoms with Crippen LogP contribution in [0.2, 0.25) is 0 Å². The van der Waals surface area contributed by atoms with Crippen LogP contribution < -0.4 is 0 Å². The molecule has 49 heavy (non-hydrogen) atoms. The molecule has 3 heteroatoms. The summed E-state index contributed by atoms with van der Waals surface area (Å²) in [6, 6.07) is 56.9. The summed E-state index contributed by atoms with van der Waals surface area (Å²) in [5, 5.41) is 3.52. The molecule has 0 bridgehead atoms. The number of aromatic nitrogens is 3. The molecule has 1 unspecified atom stereocenters. The zero-order chi connectivity index (χ0) is 32.1. The van der Waals surface area contributed by atoms with E-state index in [9.17, 15) is 0 Å². The van der Waals surface area contributed by atoms with E-state index in [2.05, 4.69) is 162 Å². The molecule has 2 aliphatic carbocycles. The van der Waals surface area contributed by atoms with Gasteiger partial charge in [-0.2, -0.15) is 0 Å². The van der Waals surface area contributed by atoms with Crippen LogP contribution in [0, 0.1) is 0 Å². The summed E-state index contributed by atoms with van der Waals surface area (Å²) in [5.41, 5.74) is 16.4. The third kappa shape index (κ3) is 3.78. The summed E-state index contributed by atoms with van der Waals surface area (Å²) in [6.07, 6.45) is 1.01. The van der Waals surface area contributed by atoms with E-state index < -0.39 is 0 Å². The van der Waals surface area contributed by atoms with Gasteiger partial charge in [0.15, 0.2) is 5.82 Å². The SMILES string of the molecule is c1ccc(-c2ccc(-c3nc(-n4c5ccccc5c5cc6c7c(c54)-c4ccccc4CC7c4ccccc4-6)c4ccccc4n3)cc2)cc1. The van der Waals surface area contributed by atoms with E-state index in [1.165, 1.54) is 66.4 Å². The van der Waals surface area contributed by atoms with Crippen LogP contribution in [0.1, 0.15) is 22.6 Å². The molecular weight excluding hydrogens is 595 g/mol. The maximum absolute atomic E-state index is 5.47. The Hall–Kier alpha value is -6.32. The Morgan fingerprint density at radius 1 is 0.510 bits per heavy atom. The Morgan fingerprint density at radius 3 is 2.06 bits per heavy atom. The van der Waals surface area contributed by atoms with E-state index in [1.54, 1.807) is 0 Å². The van der Waals surface area contributed by atoms with Crippen molar-refractivity contribution in [2.75, 3.05) is 0 Å². The number of nitrogens with zero attached hydrogens (tertiary/aromatic N) is 3. The van der Waals surface area contributed by atoms with Gasteiger partial charge in [0.2, 0.25) is 0 Å². The number of para-hydroxylation sites is 2. The highest BCUT2D eigenvalue weighted by atomic mass is 15.1. The molecule has 0 saturated carbocycles. The fraction of sp³-hybridized carbons (Fsp3) is 0.0435. The van der Waals surface area contributed by atoms with Gasteiger partial charge >= 0.3 is 0 Å². The van der Waals surface area contributed by atoms with Crippen molar-refractivity contribution in [3.63, 3.8) is 0 Å². The molecule has 7 aromatic carbocycles. The molecule has 2 aliphatic rings. The number of hydrogen-bond donors (Lipinski definition) is 0. The molecule has 228 valence electrons. The van der Waals surface area contributed by atoms with Gasteiger partial charge in [-0.05, 0) is 75.2 Å². The predicted molar refractivity (Wildman–Crippen MR) is 201 cm³/mol. The lowest BCUT2D eigenvalue weighted by molar-refractivity contribution is 0.816. The molecule has 11 rings (SSSR count). The summed E-state index contributed by atoms with van der Waals surface area (Å²) in [4.78, 5) is 10.6. The van der Waals surface area contributed by atoms with Gasteiger partial charge in [0.05, 0.1) is 16.6 Å². The first-order valence-corrected chi connectivity index (χ1v) is 17.0. The van der Waals surface area contributed by atoms with E-state index >= 15 is 0 Å². The van der Waals surface area contributed by atoms with Crippen LogP contribution in [0.4, 0.5) is 0 Å². The second kappa shape index (κ2) is 10.1. The van der Waals surface area contributed by atoms with Gasteiger partial charge in [0.1, 0.15) is 5.82 Å². The first kappa shape index (κ1) is 26.7. The number of hydrogen-bond acceptors (Lipinski definition) is 2. The van der Waals surface area contributed by atoms with Crippen molar-refractivity contribution in [3.8, 4) is 50.6 Å². The van der Waals surface area contributed by atoms with Gasteiger partial charge in [-0.25, -0.2) is 9.97 Å². The molecule has 2 aromatic heterocycles. The topological polar surface area (TPSA) is 30.7 Å². The molecule has 0 radical (unpaired) electrons. The van der Waals surface area contributed by atoms with Crippen LogP contribution in [0.15, 0.2) is 158 Å². The lowest BCUT2D eigenvalue weighted by Gasteiger charge is -2.27. The minimum absolute atomic E-state index is 0.327. The van der Waals surface area contributed by atoms with Crippen molar-refractivity contribution in [1.29, 1.82) is 0 Å². The molecule has 0 N–H and O–H groups in total. The average Bonchev–Trinajstić information content (AvgIpc) is 3.67. The predicted octanol–water partition coefficient (Wildman–Crippen LogP) is 11.4. The quantitative estimate of drug-likeness (QED) is 0.196. The number of rotatable bonds is 3. The van der Waals surface area contributed by atoms with Crippen molar-refractivity contribution >= 4 is 32.7 Å². The Morgan fingerprint density at radius 2 is 1.18 bits per heavy atom. The van der Waals surface area contributed by atoms with Crippen molar-refractivity contribution in [1.82, 2.24) is 14.5 Å². The summed E-state index contributed by atoms with van der Waals surface area (Å²) in [6.45, 7) is 0. The van der Waals surface area contributed by atoms with Gasteiger partial charge in [-0.3, -0.25) is 4.57 Å². The molecule has 2 heterocycles. The molecular formula is C46H29N3. The molecule has 0 amide bonds. The standard InChI is InChI=1S/C46H29N3/c1-2-12-28(13-3-1)29-22-24-30(25-23-29)45-47-40-20-10-8-19-36(40)46(48-45)49-41-21-11-9-18-35(41)39-27-38-34-17-7-6-16-33(34)37-26-31-14-4-5-15-32(31)43(42(37)38)44(39)49/h1-25,27,37H,26H2. The van der Waals surface area contributed by atoms with Crippen molar-refractivity contribution in [2.45, 2.75) is 12.3 Å². The normalized spacial score (nSPS) is 14.2. The Kier molecular flexibility index (Phi) is 5.50. The highest BCUT2D eigenvalue weighted by Crippen LogP contribution is 2.57. The Bertz CT molecular complexity index is 2790. The van der Waals surface area contributed by atoms with Crippen LogP contribution in [-0.2, 0) is 6.42 Å². The second-order valence-electron chi connectivity index (χ2n) is 13.3. The Balaban J connectivity index is 1.24. The Labute approximate surface area is 283 Å². The fourth-order valence-electron chi connectivity index (χ4n) is 8.60. The summed E-state index contributed by atoms with van der Waals surface area (Å²) < 4.78 is 2.44. The van der Waals surface area contributed by atoms with Crippen LogP contribution in [-0.4, -0.2) is 14.5 Å². The molecule has 9 aromatic rings. The van der Waals surface area contributed by atoms with E-state index in [0.29, 0.717) is 5.92 Å². The third-order valence-corrected chi connectivity index (χ3v) is 10.7. The molecule has 0 saturated heterocycles. The maximum Gasteiger partial charge on any atom is 0.162 e. The van der Waals surface area contributed by atoms with Crippen molar-refractivity contribution in [2.24, 2.45) is 0 Å². The molecule has 1 atom stereocenters. The molecule has 0 fully saturated rings. The lowest BCUT2D eigenvalue weighted by atomic mass is 9.77. The fourth-order valence-corrected chi connectivity index (χ4v) is 8.60. The smallest absolute Gasteiger partial charge is 0.162 e. The molecule has 3 nitrogen and oxygen atoms in total. The van der Waals surface area contributed by atoms with Gasteiger partial charge < -0.3 is 0 Å². The van der Waals surface area contributed by atoms with Gasteiger partial charge in [0.25, 0.3) is 0 Å². The lowest BCUT2D eigenvalue weighted by Crippen LogP contribution is -2.11. The van der Waals surface area contributed by atoms with Crippen LogP contribution in [0.3, 0.4) is 0 Å². The van der Waals surface area contributed by atoms with Gasteiger partial charge in [-0.15, -0.1) is 0 Å². The molecule has 0 spiro atoms. The minimum atomic E-state index is 0.327.